The van der Waals surface area contributed by atoms with E-state index < -0.39 is 0 Å². The first-order valence-electron chi connectivity index (χ1n) is 10.6. The molecule has 2 aromatic heterocycles. The highest BCUT2D eigenvalue weighted by atomic mass is 35.5. The Hall–Kier alpha value is -1.83. The molecular weight excluding hydrogens is 471 g/mol. The third-order valence-corrected chi connectivity index (χ3v) is 7.19. The first-order chi connectivity index (χ1) is 15.0. The molecule has 0 unspecified atom stereocenters. The lowest BCUT2D eigenvalue weighted by atomic mass is 10.0. The van der Waals surface area contributed by atoms with E-state index in [4.69, 9.17) is 23.2 Å². The van der Waals surface area contributed by atoms with Crippen LogP contribution in [0.4, 0.5) is 0 Å². The fourth-order valence-electron chi connectivity index (χ4n) is 4.82. The number of halogens is 3. The molecule has 170 valence electrons. The molecule has 1 saturated heterocycles. The molecule has 9 heteroatoms. The van der Waals surface area contributed by atoms with Gasteiger partial charge in [0.2, 0.25) is 0 Å². The summed E-state index contributed by atoms with van der Waals surface area (Å²) >= 11 is 12.1. The van der Waals surface area contributed by atoms with Crippen molar-refractivity contribution in [2.75, 3.05) is 19.6 Å². The van der Waals surface area contributed by atoms with Gasteiger partial charge in [-0.25, -0.2) is 0 Å². The number of likely N-dealkylation sites (tertiary alicyclic amines) is 1. The van der Waals surface area contributed by atoms with Gasteiger partial charge >= 0.3 is 0 Å². The van der Waals surface area contributed by atoms with E-state index in [1.54, 1.807) is 28.8 Å². The number of hydrogen-bond donors (Lipinski definition) is 1. The molecule has 2 aliphatic rings. The van der Waals surface area contributed by atoms with Crippen LogP contribution in [0.25, 0.3) is 11.0 Å². The van der Waals surface area contributed by atoms with Gasteiger partial charge in [0.1, 0.15) is 5.65 Å². The topological polar surface area (TPSA) is 59.3 Å². The van der Waals surface area contributed by atoms with E-state index in [-0.39, 0.29) is 29.6 Å². The predicted octanol–water partition coefficient (Wildman–Crippen LogP) is 3.70. The Bertz CT molecular complexity index is 1240. The lowest BCUT2D eigenvalue weighted by Crippen LogP contribution is -2.44. The van der Waals surface area contributed by atoms with Crippen LogP contribution >= 0.6 is 35.6 Å². The van der Waals surface area contributed by atoms with Crippen molar-refractivity contribution in [1.29, 1.82) is 0 Å². The summed E-state index contributed by atoms with van der Waals surface area (Å²) in [4.78, 5) is 27.3. The first kappa shape index (κ1) is 23.3. The van der Waals surface area contributed by atoms with Crippen molar-refractivity contribution >= 4 is 46.6 Å². The number of benzene rings is 1. The van der Waals surface area contributed by atoms with Crippen molar-refractivity contribution in [3.05, 3.63) is 78.8 Å². The second kappa shape index (κ2) is 9.57. The van der Waals surface area contributed by atoms with Crippen molar-refractivity contribution in [3.63, 3.8) is 0 Å². The Labute approximate surface area is 202 Å². The van der Waals surface area contributed by atoms with Crippen molar-refractivity contribution in [2.24, 2.45) is 0 Å². The minimum absolute atomic E-state index is 0. The van der Waals surface area contributed by atoms with Gasteiger partial charge < -0.3 is 10.2 Å². The second-order valence-electron chi connectivity index (χ2n) is 8.46. The normalized spacial score (nSPS) is 18.8. The van der Waals surface area contributed by atoms with Crippen molar-refractivity contribution in [1.82, 2.24) is 19.4 Å². The summed E-state index contributed by atoms with van der Waals surface area (Å²) in [5.41, 5.74) is 1.80. The van der Waals surface area contributed by atoms with Crippen LogP contribution in [0.15, 0.2) is 52.1 Å². The smallest absolute Gasteiger partial charge is 0.252 e. The minimum Gasteiger partial charge on any atom is -0.310 e. The molecular formula is C23H25Cl3N4O2. The summed E-state index contributed by atoms with van der Waals surface area (Å²) in [5, 5.41) is 5.71. The average Bonchev–Trinajstić information content (AvgIpc) is 3.15. The molecule has 0 bridgehead atoms. The SMILES string of the molecule is Cl.O=c1ccc2ccc(=O)n3c2n1C[C@H]3CN1CCC(NCc2ccc(Cl)c(Cl)c2)CC1. The summed E-state index contributed by atoms with van der Waals surface area (Å²) < 4.78 is 3.55. The fraction of sp³-hybridized carbons (Fsp3) is 0.391. The molecule has 3 aromatic rings. The minimum atomic E-state index is -0.0421. The molecule has 0 amide bonds. The van der Waals surface area contributed by atoms with Crippen molar-refractivity contribution in [2.45, 2.75) is 38.0 Å². The van der Waals surface area contributed by atoms with Gasteiger partial charge in [0.25, 0.3) is 11.1 Å². The van der Waals surface area contributed by atoms with Gasteiger partial charge in [0, 0.05) is 43.2 Å². The molecule has 32 heavy (non-hydrogen) atoms. The van der Waals surface area contributed by atoms with Crippen LogP contribution in [0, 0.1) is 0 Å². The molecule has 2 aliphatic heterocycles. The maximum Gasteiger partial charge on any atom is 0.252 e. The maximum absolute atomic E-state index is 12.6. The van der Waals surface area contributed by atoms with Gasteiger partial charge in [-0.05, 0) is 55.8 Å². The van der Waals surface area contributed by atoms with Crippen LogP contribution in [0.1, 0.15) is 24.4 Å². The predicted molar refractivity (Wildman–Crippen MR) is 132 cm³/mol. The Morgan fingerprint density at radius 2 is 1.66 bits per heavy atom. The van der Waals surface area contributed by atoms with E-state index >= 15 is 0 Å². The first-order valence-corrected chi connectivity index (χ1v) is 11.4. The van der Waals surface area contributed by atoms with Gasteiger partial charge in [-0.3, -0.25) is 18.7 Å². The van der Waals surface area contributed by atoms with Gasteiger partial charge in [0.05, 0.1) is 16.1 Å². The van der Waals surface area contributed by atoms with Gasteiger partial charge in [-0.1, -0.05) is 29.3 Å². The number of pyridine rings is 2. The number of hydrogen-bond acceptors (Lipinski definition) is 4. The molecule has 1 N–H and O–H groups in total. The summed E-state index contributed by atoms with van der Waals surface area (Å²) in [6, 6.07) is 13.0. The standard InChI is InChI=1S/C23H24Cl2N4O2.ClH/c24-19-4-1-15(11-20(19)25)12-26-17-7-9-27(10-8-17)13-18-14-28-21(30)5-2-16-3-6-22(31)29(18)23(16)28;/h1-6,11,17-18,26H,7-10,12-14H2;1H/t18-;/m1./s1. The molecule has 6 nitrogen and oxygen atoms in total. The quantitative estimate of drug-likeness (QED) is 0.586. The maximum atomic E-state index is 12.6. The molecule has 1 atom stereocenters. The van der Waals surface area contributed by atoms with Crippen LogP contribution in [-0.2, 0) is 13.1 Å². The molecule has 1 fully saturated rings. The van der Waals surface area contributed by atoms with Crippen LogP contribution in [-0.4, -0.2) is 39.7 Å². The van der Waals surface area contributed by atoms with Gasteiger partial charge in [0.15, 0.2) is 0 Å². The molecule has 0 saturated carbocycles. The summed E-state index contributed by atoms with van der Waals surface area (Å²) in [7, 11) is 0. The molecule has 1 aromatic carbocycles. The monoisotopic (exact) mass is 494 g/mol. The number of aromatic nitrogens is 2. The number of rotatable bonds is 5. The lowest BCUT2D eigenvalue weighted by Gasteiger charge is -2.34. The fourth-order valence-corrected chi connectivity index (χ4v) is 5.14. The van der Waals surface area contributed by atoms with E-state index in [0.29, 0.717) is 22.6 Å². The summed E-state index contributed by atoms with van der Waals surface area (Å²) in [5.74, 6) is 0. The molecule has 0 aliphatic carbocycles. The van der Waals surface area contributed by atoms with E-state index in [9.17, 15) is 9.59 Å². The van der Waals surface area contributed by atoms with E-state index in [2.05, 4.69) is 10.2 Å². The highest BCUT2D eigenvalue weighted by Gasteiger charge is 2.29. The third kappa shape index (κ3) is 4.47. The number of nitrogens with zero attached hydrogens (tertiary/aromatic N) is 3. The average molecular weight is 496 g/mol. The zero-order valence-corrected chi connectivity index (χ0v) is 19.8. The molecule has 0 spiro atoms. The molecule has 0 radical (unpaired) electrons. The lowest BCUT2D eigenvalue weighted by molar-refractivity contribution is 0.171. The van der Waals surface area contributed by atoms with E-state index in [1.807, 2.05) is 22.8 Å². The zero-order chi connectivity index (χ0) is 21.5. The van der Waals surface area contributed by atoms with Crippen LogP contribution in [0.3, 0.4) is 0 Å². The Balaban J connectivity index is 0.00000245. The van der Waals surface area contributed by atoms with Crippen molar-refractivity contribution < 1.29 is 0 Å². The Morgan fingerprint density at radius 3 is 2.38 bits per heavy atom. The Kier molecular flexibility index (Phi) is 6.98. The summed E-state index contributed by atoms with van der Waals surface area (Å²) in [6.07, 6.45) is 2.08. The van der Waals surface area contributed by atoms with Crippen LogP contribution in [0.5, 0.6) is 0 Å². The van der Waals surface area contributed by atoms with E-state index in [0.717, 1.165) is 55.6 Å². The van der Waals surface area contributed by atoms with Crippen LogP contribution < -0.4 is 16.4 Å². The highest BCUT2D eigenvalue weighted by Crippen LogP contribution is 2.25. The van der Waals surface area contributed by atoms with E-state index in [1.165, 1.54) is 0 Å². The highest BCUT2D eigenvalue weighted by molar-refractivity contribution is 6.42. The second-order valence-corrected chi connectivity index (χ2v) is 9.28. The van der Waals surface area contributed by atoms with Gasteiger partial charge in [-0.15, -0.1) is 12.4 Å². The summed E-state index contributed by atoms with van der Waals surface area (Å²) in [6.45, 7) is 4.03. The number of nitrogens with one attached hydrogen (secondary N) is 1. The van der Waals surface area contributed by atoms with Crippen molar-refractivity contribution in [3.8, 4) is 0 Å². The van der Waals surface area contributed by atoms with Gasteiger partial charge in [-0.2, -0.15) is 0 Å². The Morgan fingerprint density at radius 1 is 0.938 bits per heavy atom. The van der Waals surface area contributed by atoms with Crippen LogP contribution in [0.2, 0.25) is 10.0 Å². The molecule has 5 rings (SSSR count). The molecule has 4 heterocycles. The third-order valence-electron chi connectivity index (χ3n) is 6.45. The number of piperidine rings is 1. The largest absolute Gasteiger partial charge is 0.310 e. The zero-order valence-electron chi connectivity index (χ0n) is 17.5.